The molecule has 3 unspecified atom stereocenters. The van der Waals surface area contributed by atoms with E-state index in [2.05, 4.69) is 5.32 Å². The van der Waals surface area contributed by atoms with Gasteiger partial charge in [-0.25, -0.2) is 0 Å². The number of nitrogens with one attached hydrogen (secondary N) is 1. The zero-order chi connectivity index (χ0) is 24.6. The minimum absolute atomic E-state index is 0.0108. The molecule has 0 saturated heterocycles. The van der Waals surface area contributed by atoms with Crippen LogP contribution in [0.25, 0.3) is 0 Å². The van der Waals surface area contributed by atoms with Gasteiger partial charge < -0.3 is 10.2 Å². The van der Waals surface area contributed by atoms with E-state index in [1.54, 1.807) is 25.9 Å². The molecular formula is C28H52N2O3. The van der Waals surface area contributed by atoms with Gasteiger partial charge in [0.05, 0.1) is 0 Å². The SMILES string of the molecule is CC(=O)C(C)CC(CC(C)C(=O)NC1CCCCCCCCCCCCCC1)C(=O)N(C)C. The summed E-state index contributed by atoms with van der Waals surface area (Å²) in [6, 6.07) is 0.240. The van der Waals surface area contributed by atoms with Crippen molar-refractivity contribution in [2.75, 3.05) is 14.1 Å². The second-order valence-electron chi connectivity index (χ2n) is 10.8. The molecule has 2 amide bonds. The molecule has 0 radical (unpaired) electrons. The summed E-state index contributed by atoms with van der Waals surface area (Å²) in [4.78, 5) is 39.2. The Morgan fingerprint density at radius 3 is 1.52 bits per heavy atom. The Morgan fingerprint density at radius 2 is 1.12 bits per heavy atom. The van der Waals surface area contributed by atoms with Crippen molar-refractivity contribution < 1.29 is 14.4 Å². The van der Waals surface area contributed by atoms with Gasteiger partial charge in [-0.2, -0.15) is 0 Å². The molecule has 1 saturated carbocycles. The number of hydrogen-bond donors (Lipinski definition) is 1. The lowest BCUT2D eigenvalue weighted by molar-refractivity contribution is -0.135. The number of nitrogens with zero attached hydrogens (tertiary/aromatic N) is 1. The van der Waals surface area contributed by atoms with Gasteiger partial charge in [0.15, 0.2) is 0 Å². The van der Waals surface area contributed by atoms with Crippen LogP contribution in [0, 0.1) is 17.8 Å². The quantitative estimate of drug-likeness (QED) is 0.459. The first-order valence-electron chi connectivity index (χ1n) is 13.7. The molecule has 1 aliphatic rings. The van der Waals surface area contributed by atoms with Gasteiger partial charge in [-0.05, 0) is 32.6 Å². The maximum atomic E-state index is 13.1. The summed E-state index contributed by atoms with van der Waals surface area (Å²) in [5.74, 6) is -0.541. The molecule has 0 spiro atoms. The van der Waals surface area contributed by atoms with Gasteiger partial charge in [-0.15, -0.1) is 0 Å². The van der Waals surface area contributed by atoms with E-state index >= 15 is 0 Å². The van der Waals surface area contributed by atoms with Gasteiger partial charge >= 0.3 is 0 Å². The average Bonchev–Trinajstić information content (AvgIpc) is 2.77. The Kier molecular flexibility index (Phi) is 15.4. The summed E-state index contributed by atoms with van der Waals surface area (Å²) >= 11 is 0. The Bertz CT molecular complexity index is 559. The topological polar surface area (TPSA) is 66.5 Å². The van der Waals surface area contributed by atoms with Crippen molar-refractivity contribution in [1.29, 1.82) is 0 Å². The van der Waals surface area contributed by atoms with Gasteiger partial charge in [0.25, 0.3) is 0 Å². The molecule has 5 heteroatoms. The number of carbonyl (C=O) groups is 3. The molecule has 1 rings (SSSR count). The fourth-order valence-corrected chi connectivity index (χ4v) is 4.97. The lowest BCUT2D eigenvalue weighted by Crippen LogP contribution is -2.40. The van der Waals surface area contributed by atoms with Gasteiger partial charge in [0.1, 0.15) is 5.78 Å². The molecule has 1 N–H and O–H groups in total. The highest BCUT2D eigenvalue weighted by Crippen LogP contribution is 2.24. The number of carbonyl (C=O) groups excluding carboxylic acids is 3. The summed E-state index contributed by atoms with van der Waals surface area (Å²) in [6.45, 7) is 5.38. The molecule has 0 aliphatic heterocycles. The number of amides is 2. The normalized spacial score (nSPS) is 20.5. The van der Waals surface area contributed by atoms with Crippen molar-refractivity contribution in [2.45, 2.75) is 130 Å². The maximum absolute atomic E-state index is 13.1. The van der Waals surface area contributed by atoms with Crippen LogP contribution in [-0.2, 0) is 14.4 Å². The fraction of sp³-hybridized carbons (Fsp3) is 0.893. The first kappa shape index (κ1) is 29.6. The Labute approximate surface area is 203 Å². The molecule has 0 aromatic carbocycles. The summed E-state index contributed by atoms with van der Waals surface area (Å²) in [6.07, 6.45) is 18.8. The molecular weight excluding hydrogens is 412 g/mol. The monoisotopic (exact) mass is 464 g/mol. The van der Waals surface area contributed by atoms with Crippen molar-refractivity contribution in [3.8, 4) is 0 Å². The third kappa shape index (κ3) is 13.2. The van der Waals surface area contributed by atoms with Crippen LogP contribution in [-0.4, -0.2) is 42.6 Å². The highest BCUT2D eigenvalue weighted by molar-refractivity contribution is 5.83. The van der Waals surface area contributed by atoms with E-state index in [-0.39, 0.29) is 41.4 Å². The molecule has 5 nitrogen and oxygen atoms in total. The predicted octanol–water partition coefficient (Wildman–Crippen LogP) is 6.29. The van der Waals surface area contributed by atoms with Gasteiger partial charge in [0, 0.05) is 37.9 Å². The van der Waals surface area contributed by atoms with Crippen molar-refractivity contribution in [3.63, 3.8) is 0 Å². The zero-order valence-electron chi connectivity index (χ0n) is 22.3. The Morgan fingerprint density at radius 1 is 0.727 bits per heavy atom. The van der Waals surface area contributed by atoms with Crippen LogP contribution in [0.4, 0.5) is 0 Å². The molecule has 1 fully saturated rings. The lowest BCUT2D eigenvalue weighted by Gasteiger charge is -2.26. The van der Waals surface area contributed by atoms with Crippen molar-refractivity contribution in [1.82, 2.24) is 10.2 Å². The first-order valence-corrected chi connectivity index (χ1v) is 13.7. The number of Topliss-reactive ketones (excluding diaryl/α,β-unsaturated/α-hetero) is 1. The summed E-state index contributed by atoms with van der Waals surface area (Å²) in [5, 5.41) is 3.33. The standard InChI is InChI=1S/C28H52N2O3/c1-22(24(3)31)20-25(28(33)30(4)5)21-23(2)27(32)29-26-18-16-14-12-10-8-6-7-9-11-13-15-17-19-26/h22-23,25-26H,6-21H2,1-5H3,(H,29,32). The zero-order valence-corrected chi connectivity index (χ0v) is 22.3. The summed E-state index contributed by atoms with van der Waals surface area (Å²) in [7, 11) is 3.49. The second kappa shape index (κ2) is 17.1. The molecule has 0 aromatic heterocycles. The maximum Gasteiger partial charge on any atom is 0.225 e. The van der Waals surface area contributed by atoms with Crippen LogP contribution in [0.2, 0.25) is 0 Å². The minimum Gasteiger partial charge on any atom is -0.353 e. The molecule has 1 aliphatic carbocycles. The molecule has 0 bridgehead atoms. The van der Waals surface area contributed by atoms with Crippen LogP contribution < -0.4 is 5.32 Å². The molecule has 3 atom stereocenters. The van der Waals surface area contributed by atoms with Crippen molar-refractivity contribution in [2.24, 2.45) is 17.8 Å². The van der Waals surface area contributed by atoms with Crippen LogP contribution in [0.15, 0.2) is 0 Å². The van der Waals surface area contributed by atoms with Crippen LogP contribution in [0.1, 0.15) is 124 Å². The number of rotatable bonds is 8. The van der Waals surface area contributed by atoms with E-state index < -0.39 is 0 Å². The molecule has 0 aromatic rings. The van der Waals surface area contributed by atoms with E-state index in [1.165, 1.54) is 77.0 Å². The number of hydrogen-bond acceptors (Lipinski definition) is 3. The van der Waals surface area contributed by atoms with Gasteiger partial charge in [-0.1, -0.05) is 90.9 Å². The third-order valence-electron chi connectivity index (χ3n) is 7.41. The van der Waals surface area contributed by atoms with Crippen molar-refractivity contribution in [3.05, 3.63) is 0 Å². The second-order valence-corrected chi connectivity index (χ2v) is 10.8. The van der Waals surface area contributed by atoms with E-state index in [4.69, 9.17) is 0 Å². The van der Waals surface area contributed by atoms with E-state index in [1.807, 2.05) is 13.8 Å². The highest BCUT2D eigenvalue weighted by Gasteiger charge is 2.29. The average molecular weight is 465 g/mol. The molecule has 33 heavy (non-hydrogen) atoms. The lowest BCUT2D eigenvalue weighted by atomic mass is 9.85. The highest BCUT2D eigenvalue weighted by atomic mass is 16.2. The van der Waals surface area contributed by atoms with Crippen LogP contribution in [0.5, 0.6) is 0 Å². The van der Waals surface area contributed by atoms with E-state index in [0.717, 1.165) is 12.8 Å². The van der Waals surface area contributed by atoms with E-state index in [0.29, 0.717) is 12.8 Å². The van der Waals surface area contributed by atoms with Gasteiger partial charge in [0.2, 0.25) is 11.8 Å². The third-order valence-corrected chi connectivity index (χ3v) is 7.41. The molecule has 0 heterocycles. The predicted molar refractivity (Wildman–Crippen MR) is 137 cm³/mol. The smallest absolute Gasteiger partial charge is 0.225 e. The summed E-state index contributed by atoms with van der Waals surface area (Å²) < 4.78 is 0. The van der Waals surface area contributed by atoms with Crippen LogP contribution in [0.3, 0.4) is 0 Å². The Hall–Kier alpha value is -1.39. The van der Waals surface area contributed by atoms with Gasteiger partial charge in [-0.3, -0.25) is 14.4 Å². The van der Waals surface area contributed by atoms with Crippen molar-refractivity contribution >= 4 is 17.6 Å². The Balaban J connectivity index is 2.66. The minimum atomic E-state index is -0.299. The largest absolute Gasteiger partial charge is 0.353 e. The molecule has 192 valence electrons. The first-order chi connectivity index (χ1) is 15.7. The summed E-state index contributed by atoms with van der Waals surface area (Å²) in [5.41, 5.74) is 0. The number of ketones is 1. The van der Waals surface area contributed by atoms with Crippen LogP contribution >= 0.6 is 0 Å². The van der Waals surface area contributed by atoms with E-state index in [9.17, 15) is 14.4 Å². The fourth-order valence-electron chi connectivity index (χ4n) is 4.97.